The van der Waals surface area contributed by atoms with Gasteiger partial charge in [0.05, 0.1) is 5.02 Å². The van der Waals surface area contributed by atoms with Crippen molar-refractivity contribution in [1.82, 2.24) is 4.98 Å². The van der Waals surface area contributed by atoms with Crippen LogP contribution < -0.4 is 16.0 Å². The van der Waals surface area contributed by atoms with Gasteiger partial charge in [0.2, 0.25) is 11.8 Å². The molecule has 3 N–H and O–H groups in total. The van der Waals surface area contributed by atoms with Gasteiger partial charge >= 0.3 is 0 Å². The molecule has 7 heteroatoms. The third-order valence-corrected chi connectivity index (χ3v) is 3.98. The maximum atomic E-state index is 12.2. The summed E-state index contributed by atoms with van der Waals surface area (Å²) in [4.78, 5) is 27.6. The van der Waals surface area contributed by atoms with Crippen LogP contribution in [0, 0.1) is 0 Å². The van der Waals surface area contributed by atoms with Gasteiger partial charge in [-0.05, 0) is 49.2 Å². The molecule has 0 fully saturated rings. The normalized spacial score (nSPS) is 14.3. The van der Waals surface area contributed by atoms with Crippen molar-refractivity contribution in [3.8, 4) is 0 Å². The maximum Gasteiger partial charge on any atom is 0.247 e. The van der Waals surface area contributed by atoms with E-state index in [9.17, 15) is 9.59 Å². The first-order valence-corrected chi connectivity index (χ1v) is 8.01. The summed E-state index contributed by atoms with van der Waals surface area (Å²) in [5, 5.41) is 9.23. The highest BCUT2D eigenvalue weighted by Gasteiger charge is 2.17. The van der Waals surface area contributed by atoms with Crippen LogP contribution in [0.2, 0.25) is 5.02 Å². The molecule has 3 rings (SSSR count). The van der Waals surface area contributed by atoms with Crippen molar-refractivity contribution in [3.05, 3.63) is 47.1 Å². The second-order valence-electron chi connectivity index (χ2n) is 5.64. The van der Waals surface area contributed by atoms with Gasteiger partial charge in [-0.15, -0.1) is 0 Å². The fraction of sp³-hybridized carbons (Fsp3) is 0.235. The van der Waals surface area contributed by atoms with Crippen LogP contribution in [-0.4, -0.2) is 22.8 Å². The van der Waals surface area contributed by atoms with Crippen LogP contribution >= 0.6 is 11.6 Å². The molecule has 1 aromatic carbocycles. The van der Waals surface area contributed by atoms with Crippen molar-refractivity contribution in [2.45, 2.75) is 25.8 Å². The van der Waals surface area contributed by atoms with E-state index in [0.29, 0.717) is 23.7 Å². The van der Waals surface area contributed by atoms with E-state index < -0.39 is 6.04 Å². The van der Waals surface area contributed by atoms with Gasteiger partial charge in [0.15, 0.2) is 0 Å². The number of rotatable bonds is 4. The Hall–Kier alpha value is -2.60. The number of carbonyl (C=O) groups excluding carboxylic acids is 2. The van der Waals surface area contributed by atoms with Crippen LogP contribution in [0.25, 0.3) is 0 Å². The molecule has 2 aromatic rings. The standard InChI is InChI=1S/C17H17ClN4O2/c1-10(17(24)22-15-6-3-12(18)9-19-15)20-13-4-5-14-11(8-13)2-7-16(23)21-14/h3-6,8-10,20H,2,7H2,1H3,(H,21,23)(H,19,22,24). The molecule has 0 saturated carbocycles. The molecular formula is C17H17ClN4O2. The fourth-order valence-electron chi connectivity index (χ4n) is 2.47. The van der Waals surface area contributed by atoms with E-state index in [4.69, 9.17) is 11.6 Å². The molecular weight excluding hydrogens is 328 g/mol. The molecule has 0 spiro atoms. The van der Waals surface area contributed by atoms with Crippen LogP contribution in [0.5, 0.6) is 0 Å². The second kappa shape index (κ2) is 6.88. The Labute approximate surface area is 144 Å². The topological polar surface area (TPSA) is 83.1 Å². The zero-order valence-corrected chi connectivity index (χ0v) is 13.9. The molecule has 1 aromatic heterocycles. The van der Waals surface area contributed by atoms with Crippen molar-refractivity contribution in [2.75, 3.05) is 16.0 Å². The summed E-state index contributed by atoms with van der Waals surface area (Å²) < 4.78 is 0. The molecule has 0 bridgehead atoms. The summed E-state index contributed by atoms with van der Waals surface area (Å²) in [7, 11) is 0. The second-order valence-corrected chi connectivity index (χ2v) is 6.07. The average Bonchev–Trinajstić information content (AvgIpc) is 2.57. The summed E-state index contributed by atoms with van der Waals surface area (Å²) in [5.74, 6) is 0.286. The lowest BCUT2D eigenvalue weighted by atomic mass is 10.0. The quantitative estimate of drug-likeness (QED) is 0.796. The van der Waals surface area contributed by atoms with E-state index >= 15 is 0 Å². The third-order valence-electron chi connectivity index (χ3n) is 3.76. The summed E-state index contributed by atoms with van der Waals surface area (Å²) >= 11 is 5.77. The SMILES string of the molecule is CC(Nc1ccc2c(c1)CCC(=O)N2)C(=O)Nc1ccc(Cl)cn1. The number of amides is 2. The van der Waals surface area contributed by atoms with Crippen molar-refractivity contribution in [3.63, 3.8) is 0 Å². The largest absolute Gasteiger partial charge is 0.374 e. The lowest BCUT2D eigenvalue weighted by Gasteiger charge is -2.20. The van der Waals surface area contributed by atoms with Crippen LogP contribution in [0.15, 0.2) is 36.5 Å². The molecule has 0 saturated heterocycles. The molecule has 1 atom stereocenters. The number of hydrogen-bond donors (Lipinski definition) is 3. The Morgan fingerprint density at radius 3 is 2.88 bits per heavy atom. The Bertz CT molecular complexity index is 777. The molecule has 1 aliphatic heterocycles. The monoisotopic (exact) mass is 344 g/mol. The number of aromatic nitrogens is 1. The smallest absolute Gasteiger partial charge is 0.247 e. The molecule has 1 unspecified atom stereocenters. The van der Waals surface area contributed by atoms with Crippen molar-refractivity contribution in [1.29, 1.82) is 0 Å². The van der Waals surface area contributed by atoms with E-state index in [-0.39, 0.29) is 11.8 Å². The maximum absolute atomic E-state index is 12.2. The van der Waals surface area contributed by atoms with Gasteiger partial charge in [0.1, 0.15) is 11.9 Å². The van der Waals surface area contributed by atoms with Gasteiger partial charge < -0.3 is 16.0 Å². The van der Waals surface area contributed by atoms with Gasteiger partial charge in [-0.3, -0.25) is 9.59 Å². The summed E-state index contributed by atoms with van der Waals surface area (Å²) in [6.07, 6.45) is 2.66. The molecule has 0 aliphatic carbocycles. The zero-order chi connectivity index (χ0) is 17.1. The summed E-state index contributed by atoms with van der Waals surface area (Å²) in [6, 6.07) is 8.52. The molecule has 2 amide bonds. The highest BCUT2D eigenvalue weighted by Crippen LogP contribution is 2.26. The van der Waals surface area contributed by atoms with E-state index in [1.54, 1.807) is 19.1 Å². The highest BCUT2D eigenvalue weighted by atomic mass is 35.5. The van der Waals surface area contributed by atoms with Gasteiger partial charge in [-0.2, -0.15) is 0 Å². The third kappa shape index (κ3) is 3.83. The highest BCUT2D eigenvalue weighted by molar-refractivity contribution is 6.30. The average molecular weight is 345 g/mol. The van der Waals surface area contributed by atoms with Crippen molar-refractivity contribution in [2.24, 2.45) is 0 Å². The minimum absolute atomic E-state index is 0.0337. The molecule has 0 radical (unpaired) electrons. The summed E-state index contributed by atoms with van der Waals surface area (Å²) in [5.41, 5.74) is 2.72. The van der Waals surface area contributed by atoms with Gasteiger partial charge in [-0.25, -0.2) is 4.98 Å². The van der Waals surface area contributed by atoms with Crippen LogP contribution in [0.3, 0.4) is 0 Å². The lowest BCUT2D eigenvalue weighted by molar-refractivity contribution is -0.117. The molecule has 124 valence electrons. The van der Waals surface area contributed by atoms with E-state index in [1.165, 1.54) is 6.20 Å². The number of anilines is 3. The summed E-state index contributed by atoms with van der Waals surface area (Å²) in [6.45, 7) is 1.77. The van der Waals surface area contributed by atoms with Crippen molar-refractivity contribution < 1.29 is 9.59 Å². The minimum Gasteiger partial charge on any atom is -0.374 e. The minimum atomic E-state index is -0.446. The number of aryl methyl sites for hydroxylation is 1. The lowest BCUT2D eigenvalue weighted by Crippen LogP contribution is -2.32. The number of carbonyl (C=O) groups is 2. The first-order chi connectivity index (χ1) is 11.5. The number of pyridine rings is 1. The number of hydrogen-bond acceptors (Lipinski definition) is 4. The number of nitrogens with zero attached hydrogens (tertiary/aromatic N) is 1. The first kappa shape index (κ1) is 16.3. The van der Waals surface area contributed by atoms with E-state index in [2.05, 4.69) is 20.9 Å². The Balaban J connectivity index is 1.63. The predicted molar refractivity (Wildman–Crippen MR) is 94.4 cm³/mol. The fourth-order valence-corrected chi connectivity index (χ4v) is 2.58. The van der Waals surface area contributed by atoms with Gasteiger partial charge in [0.25, 0.3) is 0 Å². The molecule has 6 nitrogen and oxygen atoms in total. The number of nitrogens with one attached hydrogen (secondary N) is 3. The zero-order valence-electron chi connectivity index (χ0n) is 13.1. The van der Waals surface area contributed by atoms with Crippen LogP contribution in [-0.2, 0) is 16.0 Å². The van der Waals surface area contributed by atoms with Gasteiger partial charge in [0, 0.05) is 24.0 Å². The Morgan fingerprint density at radius 2 is 2.12 bits per heavy atom. The Kier molecular flexibility index (Phi) is 4.66. The number of fused-ring (bicyclic) bond motifs is 1. The van der Waals surface area contributed by atoms with E-state index in [1.807, 2.05) is 18.2 Å². The van der Waals surface area contributed by atoms with E-state index in [0.717, 1.165) is 16.9 Å². The molecule has 1 aliphatic rings. The Morgan fingerprint density at radius 1 is 1.29 bits per heavy atom. The number of halogens is 1. The predicted octanol–water partition coefficient (Wildman–Crippen LogP) is 3.06. The van der Waals surface area contributed by atoms with Gasteiger partial charge in [-0.1, -0.05) is 11.6 Å². The molecule has 24 heavy (non-hydrogen) atoms. The molecule has 2 heterocycles. The van der Waals surface area contributed by atoms with Crippen LogP contribution in [0.4, 0.5) is 17.2 Å². The first-order valence-electron chi connectivity index (χ1n) is 7.63. The number of benzene rings is 1. The van der Waals surface area contributed by atoms with Crippen LogP contribution in [0.1, 0.15) is 18.9 Å². The van der Waals surface area contributed by atoms with Crippen molar-refractivity contribution >= 4 is 40.6 Å².